The molecule has 0 bridgehead atoms. The molecule has 0 amide bonds. The van der Waals surface area contributed by atoms with Crippen molar-refractivity contribution in [3.8, 4) is 0 Å². The van der Waals surface area contributed by atoms with Gasteiger partial charge in [-0.1, -0.05) is 49.7 Å². The minimum absolute atomic E-state index is 0.663. The normalized spacial score (nSPS) is 8.89. The summed E-state index contributed by atoms with van der Waals surface area (Å²) >= 11 is 0. The lowest BCUT2D eigenvalue weighted by molar-refractivity contribution is 0.177. The van der Waals surface area contributed by atoms with E-state index in [1.807, 2.05) is 32.0 Å². The zero-order valence-corrected chi connectivity index (χ0v) is 13.0. The Kier molecular flexibility index (Phi) is 20.8. The number of nitrogens with one attached hydrogen (secondary N) is 2. The van der Waals surface area contributed by atoms with Gasteiger partial charge in [-0.25, -0.2) is 0 Å². The van der Waals surface area contributed by atoms with Gasteiger partial charge in [-0.2, -0.15) is 0 Å². The van der Waals surface area contributed by atoms with Gasteiger partial charge >= 0.3 is 0 Å². The molecule has 0 aromatic heterocycles. The second-order valence-electron chi connectivity index (χ2n) is 3.73. The van der Waals surface area contributed by atoms with Crippen molar-refractivity contribution >= 4 is 0 Å². The molecule has 0 aliphatic rings. The van der Waals surface area contributed by atoms with Gasteiger partial charge in [-0.05, 0) is 20.0 Å². The van der Waals surface area contributed by atoms with Gasteiger partial charge in [0.1, 0.15) is 0 Å². The molecular weight excluding hydrogens is 240 g/mol. The molecule has 0 heterocycles. The van der Waals surface area contributed by atoms with Crippen LogP contribution >= 0.6 is 0 Å². The largest absolute Gasteiger partial charge is 0.370 e. The lowest BCUT2D eigenvalue weighted by atomic mass is 10.2. The highest BCUT2D eigenvalue weighted by molar-refractivity contribution is 5.11. The van der Waals surface area contributed by atoms with E-state index in [1.165, 1.54) is 5.56 Å². The maximum atomic E-state index is 4.67. The van der Waals surface area contributed by atoms with E-state index in [2.05, 4.69) is 39.2 Å². The second-order valence-corrected chi connectivity index (χ2v) is 3.73. The number of hydrogen-bond acceptors (Lipinski definition) is 4. The van der Waals surface area contributed by atoms with Gasteiger partial charge < -0.3 is 9.47 Å². The Labute approximate surface area is 118 Å². The Hall–Kier alpha value is -0.940. The molecule has 0 radical (unpaired) electrons. The predicted octanol–water partition coefficient (Wildman–Crippen LogP) is 2.39. The molecule has 0 aliphatic carbocycles. The third-order valence-corrected chi connectivity index (χ3v) is 1.93. The van der Waals surface area contributed by atoms with E-state index in [4.69, 9.17) is 0 Å². The van der Waals surface area contributed by atoms with Crippen LogP contribution in [0.15, 0.2) is 30.3 Å². The Morgan fingerprint density at radius 1 is 0.842 bits per heavy atom. The highest BCUT2D eigenvalue weighted by Gasteiger charge is 1.72. The molecule has 0 fully saturated rings. The third-order valence-electron chi connectivity index (χ3n) is 1.93. The molecule has 0 saturated heterocycles. The van der Waals surface area contributed by atoms with Crippen LogP contribution in [0.25, 0.3) is 0 Å². The van der Waals surface area contributed by atoms with Crippen molar-refractivity contribution in [2.24, 2.45) is 0 Å². The number of hydrogen-bond donors (Lipinski definition) is 2. The second kappa shape index (κ2) is 19.4. The van der Waals surface area contributed by atoms with Crippen molar-refractivity contribution in [2.45, 2.75) is 20.8 Å². The molecule has 0 atom stereocenters. The maximum absolute atomic E-state index is 4.67. The van der Waals surface area contributed by atoms with E-state index in [0.29, 0.717) is 13.5 Å². The van der Waals surface area contributed by atoms with Crippen molar-refractivity contribution in [3.63, 3.8) is 0 Å². The maximum Gasteiger partial charge on any atom is 0.0961 e. The number of benzene rings is 1. The minimum Gasteiger partial charge on any atom is -0.370 e. The molecule has 4 heteroatoms. The molecule has 4 nitrogen and oxygen atoms in total. The SMILES string of the molecule is CCNCOC.CCNCOC.Cc1ccccc1. The first-order valence-electron chi connectivity index (χ1n) is 6.63. The van der Waals surface area contributed by atoms with Crippen LogP contribution < -0.4 is 10.6 Å². The first-order chi connectivity index (χ1) is 9.22. The van der Waals surface area contributed by atoms with Crippen LogP contribution in [-0.2, 0) is 9.47 Å². The fourth-order valence-corrected chi connectivity index (χ4v) is 0.943. The topological polar surface area (TPSA) is 42.5 Å². The molecule has 1 aromatic rings. The lowest BCUT2D eigenvalue weighted by Gasteiger charge is -1.93. The quantitative estimate of drug-likeness (QED) is 0.615. The van der Waals surface area contributed by atoms with Crippen LogP contribution in [0.3, 0.4) is 0 Å². The van der Waals surface area contributed by atoms with Gasteiger partial charge in [-0.15, -0.1) is 0 Å². The molecule has 19 heavy (non-hydrogen) atoms. The van der Waals surface area contributed by atoms with Gasteiger partial charge in [0.2, 0.25) is 0 Å². The first kappa shape index (κ1) is 20.4. The van der Waals surface area contributed by atoms with Crippen LogP contribution in [0.5, 0.6) is 0 Å². The summed E-state index contributed by atoms with van der Waals surface area (Å²) in [4.78, 5) is 0. The van der Waals surface area contributed by atoms with Crippen LogP contribution in [-0.4, -0.2) is 40.8 Å². The van der Waals surface area contributed by atoms with E-state index in [9.17, 15) is 0 Å². The predicted molar refractivity (Wildman–Crippen MR) is 82.3 cm³/mol. The van der Waals surface area contributed by atoms with Crippen LogP contribution in [0.1, 0.15) is 19.4 Å². The number of methoxy groups -OCH3 is 2. The molecular formula is C15H30N2O2. The Morgan fingerprint density at radius 2 is 1.26 bits per heavy atom. The van der Waals surface area contributed by atoms with Gasteiger partial charge in [0.25, 0.3) is 0 Å². The van der Waals surface area contributed by atoms with Crippen molar-refractivity contribution in [1.82, 2.24) is 10.6 Å². The number of rotatable bonds is 6. The average molecular weight is 270 g/mol. The van der Waals surface area contributed by atoms with E-state index in [-0.39, 0.29) is 0 Å². The molecule has 0 aliphatic heterocycles. The van der Waals surface area contributed by atoms with Crippen molar-refractivity contribution in [1.29, 1.82) is 0 Å². The van der Waals surface area contributed by atoms with E-state index in [0.717, 1.165) is 13.1 Å². The summed E-state index contributed by atoms with van der Waals surface area (Å²) in [5, 5.41) is 5.95. The summed E-state index contributed by atoms with van der Waals surface area (Å²) in [6.45, 7) is 9.45. The van der Waals surface area contributed by atoms with Gasteiger partial charge in [0, 0.05) is 14.2 Å². The molecule has 0 spiro atoms. The summed E-state index contributed by atoms with van der Waals surface area (Å²) in [7, 11) is 3.34. The molecule has 1 aromatic carbocycles. The Morgan fingerprint density at radius 3 is 1.42 bits per heavy atom. The summed E-state index contributed by atoms with van der Waals surface area (Å²) in [5.41, 5.74) is 1.32. The lowest BCUT2D eigenvalue weighted by Crippen LogP contribution is -2.14. The van der Waals surface area contributed by atoms with Crippen LogP contribution in [0.2, 0.25) is 0 Å². The highest BCUT2D eigenvalue weighted by Crippen LogP contribution is 1.92. The van der Waals surface area contributed by atoms with Crippen molar-refractivity contribution < 1.29 is 9.47 Å². The molecule has 0 unspecified atom stereocenters. The van der Waals surface area contributed by atoms with Gasteiger partial charge in [-0.3, -0.25) is 10.6 Å². The minimum atomic E-state index is 0.663. The zero-order chi connectivity index (χ0) is 14.8. The summed E-state index contributed by atoms with van der Waals surface area (Å²) < 4.78 is 9.34. The van der Waals surface area contributed by atoms with Crippen molar-refractivity contribution in [2.75, 3.05) is 40.8 Å². The van der Waals surface area contributed by atoms with E-state index >= 15 is 0 Å². The molecule has 2 N–H and O–H groups in total. The average Bonchev–Trinajstić information content (AvgIpc) is 2.45. The summed E-state index contributed by atoms with van der Waals surface area (Å²) in [6, 6.07) is 10.3. The highest BCUT2D eigenvalue weighted by atomic mass is 16.5. The first-order valence-corrected chi connectivity index (χ1v) is 6.63. The Bertz CT molecular complexity index is 227. The van der Waals surface area contributed by atoms with Crippen molar-refractivity contribution in [3.05, 3.63) is 35.9 Å². The fraction of sp³-hybridized carbons (Fsp3) is 0.600. The summed E-state index contributed by atoms with van der Waals surface area (Å²) in [5.74, 6) is 0. The van der Waals surface area contributed by atoms with Gasteiger partial charge in [0.15, 0.2) is 0 Å². The van der Waals surface area contributed by atoms with Crippen LogP contribution in [0.4, 0.5) is 0 Å². The standard InChI is InChI=1S/C7H8.2C4H11NO/c1-7-5-3-2-4-6-7;2*1-3-5-4-6-2/h2-6H,1H3;2*5H,3-4H2,1-2H3. The zero-order valence-electron chi connectivity index (χ0n) is 13.0. The summed E-state index contributed by atoms with van der Waals surface area (Å²) in [6.07, 6.45) is 0. The smallest absolute Gasteiger partial charge is 0.0961 e. The number of aryl methyl sites for hydroxylation is 1. The third kappa shape index (κ3) is 22.7. The molecule has 0 saturated carbocycles. The monoisotopic (exact) mass is 270 g/mol. The molecule has 112 valence electrons. The molecule has 1 rings (SSSR count). The number of ether oxygens (including phenoxy) is 2. The van der Waals surface area contributed by atoms with Crippen LogP contribution in [0, 0.1) is 6.92 Å². The fourth-order valence-electron chi connectivity index (χ4n) is 0.943. The van der Waals surface area contributed by atoms with E-state index < -0.39 is 0 Å². The Balaban J connectivity index is 0. The van der Waals surface area contributed by atoms with E-state index in [1.54, 1.807) is 14.2 Å². The van der Waals surface area contributed by atoms with Gasteiger partial charge in [0.05, 0.1) is 13.5 Å².